The molecule has 21 heavy (non-hydrogen) atoms. The summed E-state index contributed by atoms with van der Waals surface area (Å²) in [7, 11) is -3.79. The Labute approximate surface area is 124 Å². The highest BCUT2D eigenvalue weighted by molar-refractivity contribution is 7.87. The summed E-state index contributed by atoms with van der Waals surface area (Å²) in [4.78, 5) is 4.15. The van der Waals surface area contributed by atoms with Gasteiger partial charge < -0.3 is 0 Å². The Kier molecular flexibility index (Phi) is 4.03. The van der Waals surface area contributed by atoms with Gasteiger partial charge in [-0.05, 0) is 37.1 Å². The molecule has 0 bridgehead atoms. The lowest BCUT2D eigenvalue weighted by molar-refractivity contribution is 0.438. The molecular weight excluding hydrogens is 288 g/mol. The fourth-order valence-corrected chi connectivity index (χ4v) is 3.86. The maximum absolute atomic E-state index is 12.7. The second kappa shape index (κ2) is 5.47. The molecule has 7 heteroatoms. The lowest BCUT2D eigenvalue weighted by Crippen LogP contribution is -2.35. The molecular formula is C14H18N4O2S. The Morgan fingerprint density at radius 3 is 2.33 bits per heavy atom. The lowest BCUT2D eigenvalue weighted by atomic mass is 10.1. The molecule has 0 fully saturated rings. The van der Waals surface area contributed by atoms with Crippen molar-refractivity contribution in [3.63, 3.8) is 0 Å². The minimum absolute atomic E-state index is 0.109. The first-order chi connectivity index (χ1) is 9.86. The second-order valence-corrected chi connectivity index (χ2v) is 6.61. The first-order valence-corrected chi connectivity index (χ1v) is 8.16. The van der Waals surface area contributed by atoms with Gasteiger partial charge in [0.1, 0.15) is 6.07 Å². The van der Waals surface area contributed by atoms with Crippen molar-refractivity contribution in [3.05, 3.63) is 29.1 Å². The first-order valence-electron chi connectivity index (χ1n) is 6.77. The molecule has 0 N–H and O–H groups in total. The van der Waals surface area contributed by atoms with Crippen molar-refractivity contribution in [1.82, 2.24) is 13.3 Å². The number of fused-ring (bicyclic) bond motifs is 1. The van der Waals surface area contributed by atoms with Crippen LogP contribution in [-0.2, 0) is 10.2 Å². The third kappa shape index (κ3) is 2.41. The van der Waals surface area contributed by atoms with Crippen molar-refractivity contribution >= 4 is 21.2 Å². The minimum Gasteiger partial charge on any atom is -0.218 e. The van der Waals surface area contributed by atoms with Gasteiger partial charge in [0, 0.05) is 13.1 Å². The first kappa shape index (κ1) is 15.5. The zero-order chi connectivity index (χ0) is 15.8. The number of imidazole rings is 1. The quantitative estimate of drug-likeness (QED) is 0.865. The Morgan fingerprint density at radius 2 is 1.81 bits per heavy atom. The van der Waals surface area contributed by atoms with Crippen molar-refractivity contribution < 1.29 is 8.42 Å². The monoisotopic (exact) mass is 306 g/mol. The number of aryl methyl sites for hydroxylation is 2. The topological polar surface area (TPSA) is 79.0 Å². The zero-order valence-corrected chi connectivity index (χ0v) is 13.4. The predicted octanol–water partition coefficient (Wildman–Crippen LogP) is 1.96. The SMILES string of the molecule is CCN(CC)S(=O)(=O)n1c(C#N)nc2cc(C)c(C)cc21. The summed E-state index contributed by atoms with van der Waals surface area (Å²) in [5.41, 5.74) is 2.94. The van der Waals surface area contributed by atoms with Crippen molar-refractivity contribution in [3.8, 4) is 6.07 Å². The third-order valence-electron chi connectivity index (χ3n) is 3.59. The Morgan fingerprint density at radius 1 is 1.24 bits per heavy atom. The number of aromatic nitrogens is 2. The Hall–Kier alpha value is -1.91. The second-order valence-electron chi connectivity index (χ2n) is 4.83. The molecule has 1 heterocycles. The average molecular weight is 306 g/mol. The number of hydrogen-bond acceptors (Lipinski definition) is 4. The maximum Gasteiger partial charge on any atom is 0.310 e. The highest BCUT2D eigenvalue weighted by atomic mass is 32.2. The van der Waals surface area contributed by atoms with Gasteiger partial charge in [-0.25, -0.2) is 4.98 Å². The Bertz CT molecular complexity index is 827. The van der Waals surface area contributed by atoms with E-state index in [0.29, 0.717) is 24.1 Å². The zero-order valence-electron chi connectivity index (χ0n) is 12.6. The standard InChI is InChI=1S/C14H18N4O2S/c1-5-17(6-2)21(19,20)18-13-8-11(4)10(3)7-12(13)16-14(18)9-15/h7-8H,5-6H2,1-4H3. The van der Waals surface area contributed by atoms with Crippen LogP contribution in [0.5, 0.6) is 0 Å². The summed E-state index contributed by atoms with van der Waals surface area (Å²) in [6, 6.07) is 5.45. The number of nitriles is 1. The van der Waals surface area contributed by atoms with Crippen molar-refractivity contribution in [2.75, 3.05) is 13.1 Å². The maximum atomic E-state index is 12.7. The molecule has 0 aliphatic rings. The van der Waals surface area contributed by atoms with E-state index in [1.807, 2.05) is 19.9 Å². The van der Waals surface area contributed by atoms with Gasteiger partial charge >= 0.3 is 10.2 Å². The molecule has 0 atom stereocenters. The molecule has 1 aromatic carbocycles. The molecule has 0 saturated heterocycles. The van der Waals surface area contributed by atoms with Crippen LogP contribution in [0, 0.1) is 25.2 Å². The smallest absolute Gasteiger partial charge is 0.218 e. The Balaban J connectivity index is 2.85. The molecule has 0 aliphatic carbocycles. The van der Waals surface area contributed by atoms with Crippen LogP contribution in [0.2, 0.25) is 0 Å². The molecule has 2 rings (SSSR count). The number of nitrogens with zero attached hydrogens (tertiary/aromatic N) is 4. The van der Waals surface area contributed by atoms with Gasteiger partial charge in [0.2, 0.25) is 5.82 Å². The number of benzene rings is 1. The van der Waals surface area contributed by atoms with Crippen LogP contribution >= 0.6 is 0 Å². The van der Waals surface area contributed by atoms with E-state index in [1.165, 1.54) is 4.31 Å². The molecule has 0 aliphatic heterocycles. The fourth-order valence-electron chi connectivity index (χ4n) is 2.28. The lowest BCUT2D eigenvalue weighted by Gasteiger charge is -2.19. The fraction of sp³-hybridized carbons (Fsp3) is 0.429. The molecule has 2 aromatic rings. The highest BCUT2D eigenvalue weighted by Crippen LogP contribution is 2.23. The summed E-state index contributed by atoms with van der Waals surface area (Å²) in [6.07, 6.45) is 0. The van der Waals surface area contributed by atoms with Crippen molar-refractivity contribution in [1.29, 1.82) is 5.26 Å². The highest BCUT2D eigenvalue weighted by Gasteiger charge is 2.27. The number of hydrogen-bond donors (Lipinski definition) is 0. The van der Waals surface area contributed by atoms with Gasteiger partial charge in [-0.3, -0.25) is 0 Å². The van der Waals surface area contributed by atoms with E-state index in [1.54, 1.807) is 26.0 Å². The molecule has 0 saturated carbocycles. The predicted molar refractivity (Wildman–Crippen MR) is 81.2 cm³/mol. The number of rotatable bonds is 4. The molecule has 0 unspecified atom stereocenters. The molecule has 0 radical (unpaired) electrons. The summed E-state index contributed by atoms with van der Waals surface area (Å²) >= 11 is 0. The molecule has 112 valence electrons. The van der Waals surface area contributed by atoms with Crippen molar-refractivity contribution in [2.45, 2.75) is 27.7 Å². The minimum atomic E-state index is -3.79. The van der Waals surface area contributed by atoms with Crippen molar-refractivity contribution in [2.24, 2.45) is 0 Å². The van der Waals surface area contributed by atoms with Crippen LogP contribution < -0.4 is 0 Å². The normalized spacial score (nSPS) is 12.0. The molecule has 1 aromatic heterocycles. The van der Waals surface area contributed by atoms with Crippen LogP contribution in [0.1, 0.15) is 30.8 Å². The van der Waals surface area contributed by atoms with E-state index in [-0.39, 0.29) is 5.82 Å². The van der Waals surface area contributed by atoms with Gasteiger partial charge in [-0.2, -0.15) is 22.0 Å². The van der Waals surface area contributed by atoms with Gasteiger partial charge in [0.25, 0.3) is 0 Å². The van der Waals surface area contributed by atoms with Gasteiger partial charge in [0.05, 0.1) is 11.0 Å². The molecule has 0 spiro atoms. The summed E-state index contributed by atoms with van der Waals surface area (Å²) in [5.74, 6) is -0.109. The van der Waals surface area contributed by atoms with Crippen LogP contribution in [-0.4, -0.2) is 34.8 Å². The third-order valence-corrected chi connectivity index (χ3v) is 5.59. The van der Waals surface area contributed by atoms with E-state index >= 15 is 0 Å². The van der Waals surface area contributed by atoms with Gasteiger partial charge in [0.15, 0.2) is 0 Å². The summed E-state index contributed by atoms with van der Waals surface area (Å²) in [5, 5.41) is 9.23. The van der Waals surface area contributed by atoms with E-state index in [4.69, 9.17) is 0 Å². The summed E-state index contributed by atoms with van der Waals surface area (Å²) < 4.78 is 27.8. The average Bonchev–Trinajstić information content (AvgIpc) is 2.78. The molecule has 0 amide bonds. The van der Waals surface area contributed by atoms with Crippen LogP contribution in [0.25, 0.3) is 11.0 Å². The van der Waals surface area contributed by atoms with Crippen LogP contribution in [0.3, 0.4) is 0 Å². The largest absolute Gasteiger partial charge is 0.310 e. The molecule has 6 nitrogen and oxygen atoms in total. The summed E-state index contributed by atoms with van der Waals surface area (Å²) in [6.45, 7) is 8.05. The van der Waals surface area contributed by atoms with E-state index in [9.17, 15) is 13.7 Å². The van der Waals surface area contributed by atoms with E-state index < -0.39 is 10.2 Å². The van der Waals surface area contributed by atoms with Gasteiger partial charge in [-0.15, -0.1) is 0 Å². The van der Waals surface area contributed by atoms with E-state index in [2.05, 4.69) is 4.98 Å². The van der Waals surface area contributed by atoms with Crippen LogP contribution in [0.4, 0.5) is 0 Å². The van der Waals surface area contributed by atoms with E-state index in [0.717, 1.165) is 15.1 Å². The van der Waals surface area contributed by atoms with Crippen LogP contribution in [0.15, 0.2) is 12.1 Å². The van der Waals surface area contributed by atoms with Gasteiger partial charge in [-0.1, -0.05) is 13.8 Å².